The molecule has 0 aromatic carbocycles. The van der Waals surface area contributed by atoms with Crippen LogP contribution in [0.5, 0.6) is 0 Å². The average molecular weight is 298 g/mol. The van der Waals surface area contributed by atoms with E-state index in [1.807, 2.05) is 0 Å². The molecular weight excluding hydrogens is 280 g/mol. The molecule has 1 aliphatic heterocycles. The quantitative estimate of drug-likeness (QED) is 0.594. The van der Waals surface area contributed by atoms with Crippen LogP contribution in [-0.4, -0.2) is 41.4 Å². The van der Waals surface area contributed by atoms with E-state index < -0.39 is 0 Å². The lowest BCUT2D eigenvalue weighted by molar-refractivity contribution is -0.380. The number of amides is 1. The number of hydrogen-bond acceptors (Lipinski definition) is 6. The fourth-order valence-corrected chi connectivity index (χ4v) is 3.09. The van der Waals surface area contributed by atoms with Gasteiger partial charge in [-0.05, 0) is 18.9 Å². The van der Waals surface area contributed by atoms with Crippen LogP contribution in [-0.2, 0) is 11.3 Å². The molecule has 1 saturated heterocycles. The predicted octanol–water partition coefficient (Wildman–Crippen LogP) is 0.696. The summed E-state index contributed by atoms with van der Waals surface area (Å²) in [5.41, 5.74) is 5.17. The molecule has 8 heteroatoms. The van der Waals surface area contributed by atoms with Gasteiger partial charge in [-0.2, -0.15) is 0 Å². The fraction of sp³-hybridized carbons (Fsp3) is 0.583. The summed E-state index contributed by atoms with van der Waals surface area (Å²) in [6.07, 6.45) is 1.92. The van der Waals surface area contributed by atoms with Crippen LogP contribution in [0.4, 0.5) is 5.00 Å². The molecule has 0 spiro atoms. The number of carbonyl (C=O) groups excluding carboxylic acids is 1. The minimum absolute atomic E-state index is 0.179. The maximum absolute atomic E-state index is 10.8. The minimum Gasteiger partial charge on any atom is -0.369 e. The number of thiophene rings is 1. The second-order valence-corrected chi connectivity index (χ2v) is 6.04. The smallest absolute Gasteiger partial charge is 0.324 e. The maximum atomic E-state index is 10.8. The van der Waals surface area contributed by atoms with E-state index in [2.05, 4.69) is 10.2 Å². The zero-order chi connectivity index (χ0) is 14.5. The Morgan fingerprint density at radius 3 is 2.75 bits per heavy atom. The number of primary amides is 1. The fourth-order valence-electron chi connectivity index (χ4n) is 2.32. The first-order valence-corrected chi connectivity index (χ1v) is 7.33. The first-order chi connectivity index (χ1) is 9.54. The van der Waals surface area contributed by atoms with Crippen molar-refractivity contribution in [1.29, 1.82) is 0 Å². The summed E-state index contributed by atoms with van der Waals surface area (Å²) in [5.74, 6) is -0.290. The van der Waals surface area contributed by atoms with Gasteiger partial charge in [-0.1, -0.05) is 11.3 Å². The Hall–Kier alpha value is -1.51. The molecule has 1 amide bonds. The number of nitrogens with one attached hydrogen (secondary N) is 1. The van der Waals surface area contributed by atoms with Crippen molar-refractivity contribution in [2.45, 2.75) is 25.4 Å². The van der Waals surface area contributed by atoms with Gasteiger partial charge >= 0.3 is 5.00 Å². The molecule has 0 aliphatic carbocycles. The van der Waals surface area contributed by atoms with Crippen molar-refractivity contribution >= 4 is 22.2 Å². The first-order valence-electron chi connectivity index (χ1n) is 6.52. The van der Waals surface area contributed by atoms with E-state index in [1.165, 1.54) is 17.4 Å². The van der Waals surface area contributed by atoms with E-state index in [0.717, 1.165) is 30.8 Å². The second-order valence-electron chi connectivity index (χ2n) is 4.89. The molecule has 0 atom stereocenters. The number of hydrogen-bond donors (Lipinski definition) is 2. The number of rotatable bonds is 6. The number of nitrogens with two attached hydrogens (primary N) is 1. The van der Waals surface area contributed by atoms with Gasteiger partial charge < -0.3 is 11.1 Å². The average Bonchev–Trinajstić information content (AvgIpc) is 2.86. The highest BCUT2D eigenvalue weighted by molar-refractivity contribution is 7.15. The van der Waals surface area contributed by atoms with E-state index in [-0.39, 0.29) is 15.8 Å². The standard InChI is InChI=1S/C12H18N4O3S/c13-11(17)8-15-5-3-9(4-6-15)14-7-10-1-2-12(20-10)16(18)19/h1-2,9,14H,3-8H2,(H2,13,17). The van der Waals surface area contributed by atoms with Crippen molar-refractivity contribution in [3.8, 4) is 0 Å². The summed E-state index contributed by atoms with van der Waals surface area (Å²) < 4.78 is 0. The lowest BCUT2D eigenvalue weighted by Gasteiger charge is -2.31. The van der Waals surface area contributed by atoms with Crippen LogP contribution in [0, 0.1) is 10.1 Å². The van der Waals surface area contributed by atoms with Crippen LogP contribution in [0.25, 0.3) is 0 Å². The van der Waals surface area contributed by atoms with Crippen LogP contribution < -0.4 is 11.1 Å². The minimum atomic E-state index is -0.365. The molecule has 1 aromatic rings. The first kappa shape index (κ1) is 14.9. The van der Waals surface area contributed by atoms with Crippen molar-refractivity contribution in [2.75, 3.05) is 19.6 Å². The number of carbonyl (C=O) groups is 1. The molecule has 110 valence electrons. The normalized spacial score (nSPS) is 17.2. The zero-order valence-electron chi connectivity index (χ0n) is 11.1. The van der Waals surface area contributed by atoms with Gasteiger partial charge in [-0.3, -0.25) is 19.8 Å². The van der Waals surface area contributed by atoms with E-state index in [9.17, 15) is 14.9 Å². The van der Waals surface area contributed by atoms with Crippen molar-refractivity contribution < 1.29 is 9.72 Å². The Kier molecular flexibility index (Phi) is 5.05. The van der Waals surface area contributed by atoms with E-state index in [0.29, 0.717) is 19.1 Å². The highest BCUT2D eigenvalue weighted by Crippen LogP contribution is 2.24. The predicted molar refractivity (Wildman–Crippen MR) is 76.5 cm³/mol. The van der Waals surface area contributed by atoms with Crippen LogP contribution in [0.15, 0.2) is 12.1 Å². The molecule has 7 nitrogen and oxygen atoms in total. The summed E-state index contributed by atoms with van der Waals surface area (Å²) in [6.45, 7) is 2.68. The molecule has 0 unspecified atom stereocenters. The Labute approximate surface area is 120 Å². The van der Waals surface area contributed by atoms with Crippen LogP contribution >= 0.6 is 11.3 Å². The van der Waals surface area contributed by atoms with Gasteiger partial charge in [0.25, 0.3) is 0 Å². The summed E-state index contributed by atoms with van der Waals surface area (Å²) in [6, 6.07) is 3.72. The molecule has 0 radical (unpaired) electrons. The SMILES string of the molecule is NC(=O)CN1CCC(NCc2ccc([N+](=O)[O-])s2)CC1. The highest BCUT2D eigenvalue weighted by Gasteiger charge is 2.20. The molecule has 1 fully saturated rings. The Balaban J connectivity index is 1.73. The third kappa shape index (κ3) is 4.26. The molecule has 20 heavy (non-hydrogen) atoms. The Bertz CT molecular complexity index is 483. The Morgan fingerprint density at radius 2 is 2.20 bits per heavy atom. The molecule has 2 heterocycles. The molecule has 1 aliphatic rings. The number of nitrogens with zero attached hydrogens (tertiary/aromatic N) is 2. The van der Waals surface area contributed by atoms with Gasteiger partial charge in [0.05, 0.1) is 11.5 Å². The molecule has 3 N–H and O–H groups in total. The van der Waals surface area contributed by atoms with Gasteiger partial charge in [-0.25, -0.2) is 0 Å². The summed E-state index contributed by atoms with van der Waals surface area (Å²) in [4.78, 5) is 24.1. The van der Waals surface area contributed by atoms with Crippen LogP contribution in [0.1, 0.15) is 17.7 Å². The van der Waals surface area contributed by atoms with Crippen molar-refractivity contribution in [2.24, 2.45) is 5.73 Å². The van der Waals surface area contributed by atoms with Gasteiger partial charge in [0.2, 0.25) is 5.91 Å². The molecule has 1 aromatic heterocycles. The summed E-state index contributed by atoms with van der Waals surface area (Å²) in [7, 11) is 0. The third-order valence-electron chi connectivity index (χ3n) is 3.36. The van der Waals surface area contributed by atoms with Gasteiger partial charge in [0.1, 0.15) is 0 Å². The molecule has 0 bridgehead atoms. The van der Waals surface area contributed by atoms with Crippen molar-refractivity contribution in [3.63, 3.8) is 0 Å². The van der Waals surface area contributed by atoms with Crippen LogP contribution in [0.2, 0.25) is 0 Å². The van der Waals surface area contributed by atoms with E-state index >= 15 is 0 Å². The highest BCUT2D eigenvalue weighted by atomic mass is 32.1. The van der Waals surface area contributed by atoms with Gasteiger partial charge in [0, 0.05) is 36.6 Å². The molecule has 2 rings (SSSR count). The third-order valence-corrected chi connectivity index (χ3v) is 4.40. The molecular formula is C12H18N4O3S. The number of likely N-dealkylation sites (tertiary alicyclic amines) is 1. The van der Waals surface area contributed by atoms with Crippen LogP contribution in [0.3, 0.4) is 0 Å². The maximum Gasteiger partial charge on any atom is 0.324 e. The van der Waals surface area contributed by atoms with Gasteiger partial charge in [0.15, 0.2) is 0 Å². The van der Waals surface area contributed by atoms with E-state index in [1.54, 1.807) is 6.07 Å². The summed E-state index contributed by atoms with van der Waals surface area (Å²) >= 11 is 1.21. The van der Waals surface area contributed by atoms with Crippen molar-refractivity contribution in [1.82, 2.24) is 10.2 Å². The number of nitro groups is 1. The largest absolute Gasteiger partial charge is 0.369 e. The zero-order valence-corrected chi connectivity index (χ0v) is 11.9. The topological polar surface area (TPSA) is 102 Å². The lowest BCUT2D eigenvalue weighted by atomic mass is 10.1. The molecule has 0 saturated carbocycles. The summed E-state index contributed by atoms with van der Waals surface area (Å²) in [5, 5.41) is 14.2. The monoisotopic (exact) mass is 298 g/mol. The lowest BCUT2D eigenvalue weighted by Crippen LogP contribution is -2.44. The van der Waals surface area contributed by atoms with E-state index in [4.69, 9.17) is 5.73 Å². The number of piperidine rings is 1. The second kappa shape index (κ2) is 6.78. The van der Waals surface area contributed by atoms with Crippen molar-refractivity contribution in [3.05, 3.63) is 27.1 Å². The van der Waals surface area contributed by atoms with Gasteiger partial charge in [-0.15, -0.1) is 0 Å². The Morgan fingerprint density at radius 1 is 1.50 bits per heavy atom.